The van der Waals surface area contributed by atoms with Crippen molar-refractivity contribution in [2.24, 2.45) is 5.92 Å². The molecule has 1 rings (SSSR count). The third-order valence-electron chi connectivity index (χ3n) is 2.67. The van der Waals surface area contributed by atoms with E-state index < -0.39 is 10.0 Å². The summed E-state index contributed by atoms with van der Waals surface area (Å²) in [5, 5.41) is 0.870. The van der Waals surface area contributed by atoms with E-state index in [-0.39, 0.29) is 26.9 Å². The van der Waals surface area contributed by atoms with Gasteiger partial charge in [-0.25, -0.2) is 13.1 Å². The van der Waals surface area contributed by atoms with Gasteiger partial charge in [0.1, 0.15) is 4.90 Å². The van der Waals surface area contributed by atoms with Crippen LogP contribution in [0.1, 0.15) is 13.8 Å². The summed E-state index contributed by atoms with van der Waals surface area (Å²) >= 11 is 18.5. The number of alkyl halides is 1. The molecule has 0 aliphatic rings. The Hall–Kier alpha value is 0.670. The molecule has 1 N–H and O–H groups in total. The van der Waals surface area contributed by atoms with E-state index in [1.54, 1.807) is 6.92 Å². The molecule has 0 aromatic heterocycles. The van der Waals surface area contributed by atoms with Crippen LogP contribution in [0.4, 0.5) is 0 Å². The van der Waals surface area contributed by atoms with Gasteiger partial charge in [0.15, 0.2) is 0 Å². The SMILES string of the molecule is CC(CBr)C(C)NS(=O)(=O)c1c(Cl)cc(Br)cc1Cl. The highest BCUT2D eigenvalue weighted by molar-refractivity contribution is 9.10. The number of hydrogen-bond donors (Lipinski definition) is 1. The normalized spacial score (nSPS) is 15.3. The van der Waals surface area contributed by atoms with Gasteiger partial charge in [-0.05, 0) is 25.0 Å². The summed E-state index contributed by atoms with van der Waals surface area (Å²) in [6.45, 7) is 3.73. The van der Waals surface area contributed by atoms with Gasteiger partial charge < -0.3 is 0 Å². The molecule has 0 amide bonds. The molecule has 0 heterocycles. The van der Waals surface area contributed by atoms with Crippen molar-refractivity contribution >= 4 is 65.1 Å². The summed E-state index contributed by atoms with van der Waals surface area (Å²) in [5.41, 5.74) is 0. The molecule has 0 aliphatic heterocycles. The van der Waals surface area contributed by atoms with Crippen LogP contribution in [0.5, 0.6) is 0 Å². The molecule has 0 saturated carbocycles. The summed E-state index contributed by atoms with van der Waals surface area (Å²) in [6.07, 6.45) is 0. The van der Waals surface area contributed by atoms with Gasteiger partial charge in [0.25, 0.3) is 0 Å². The first-order chi connectivity index (χ1) is 8.69. The Morgan fingerprint density at radius 1 is 1.26 bits per heavy atom. The first-order valence-corrected chi connectivity index (χ1v) is 9.57. The van der Waals surface area contributed by atoms with E-state index in [1.165, 1.54) is 12.1 Å². The second-order valence-corrected chi connectivity index (χ2v) is 8.27. The van der Waals surface area contributed by atoms with Crippen LogP contribution in [-0.4, -0.2) is 19.8 Å². The molecule has 0 saturated heterocycles. The molecule has 2 unspecified atom stereocenters. The van der Waals surface area contributed by atoms with Gasteiger partial charge >= 0.3 is 0 Å². The van der Waals surface area contributed by atoms with E-state index in [9.17, 15) is 8.42 Å². The first-order valence-electron chi connectivity index (χ1n) is 5.42. The molecule has 2 atom stereocenters. The number of halogens is 4. The molecule has 19 heavy (non-hydrogen) atoms. The van der Waals surface area contributed by atoms with E-state index >= 15 is 0 Å². The van der Waals surface area contributed by atoms with Crippen LogP contribution in [-0.2, 0) is 10.0 Å². The van der Waals surface area contributed by atoms with Crippen molar-refractivity contribution in [3.05, 3.63) is 26.7 Å². The minimum absolute atomic E-state index is 0.0885. The fourth-order valence-electron chi connectivity index (χ4n) is 1.34. The Morgan fingerprint density at radius 2 is 1.74 bits per heavy atom. The van der Waals surface area contributed by atoms with E-state index in [2.05, 4.69) is 36.6 Å². The predicted molar refractivity (Wildman–Crippen MR) is 86.9 cm³/mol. The van der Waals surface area contributed by atoms with Crippen molar-refractivity contribution in [1.82, 2.24) is 4.72 Å². The number of nitrogens with one attached hydrogen (secondary N) is 1. The third-order valence-corrected chi connectivity index (χ3v) is 6.63. The maximum absolute atomic E-state index is 12.3. The minimum atomic E-state index is -3.75. The van der Waals surface area contributed by atoms with Gasteiger partial charge in [-0.2, -0.15) is 0 Å². The molecular weight excluding hydrogens is 441 g/mol. The number of benzene rings is 1. The largest absolute Gasteiger partial charge is 0.243 e. The summed E-state index contributed by atoms with van der Waals surface area (Å²) in [5.74, 6) is 0.141. The maximum Gasteiger partial charge on any atom is 0.243 e. The number of rotatable bonds is 5. The van der Waals surface area contributed by atoms with Gasteiger partial charge in [0.05, 0.1) is 10.0 Å². The van der Waals surface area contributed by atoms with Gasteiger partial charge in [0.2, 0.25) is 10.0 Å². The highest BCUT2D eigenvalue weighted by atomic mass is 79.9. The van der Waals surface area contributed by atoms with E-state index in [1.807, 2.05) is 6.92 Å². The molecule has 0 spiro atoms. The van der Waals surface area contributed by atoms with Gasteiger partial charge in [-0.15, -0.1) is 0 Å². The van der Waals surface area contributed by atoms with Crippen LogP contribution >= 0.6 is 55.1 Å². The Labute approximate surface area is 140 Å². The van der Waals surface area contributed by atoms with Crippen molar-refractivity contribution < 1.29 is 8.42 Å². The molecule has 0 bridgehead atoms. The predicted octanol–water partition coefficient (Wildman–Crippen LogP) is 4.45. The second kappa shape index (κ2) is 7.09. The molecule has 3 nitrogen and oxygen atoms in total. The standard InChI is InChI=1S/C11H13Br2Cl2NO2S/c1-6(5-12)7(2)16-19(17,18)11-9(14)3-8(13)4-10(11)15/h3-4,6-7,16H,5H2,1-2H3. The quantitative estimate of drug-likeness (QED) is 0.669. The van der Waals surface area contributed by atoms with Crippen LogP contribution < -0.4 is 4.72 Å². The molecular formula is C11H13Br2Cl2NO2S. The monoisotopic (exact) mass is 451 g/mol. The summed E-state index contributed by atoms with van der Waals surface area (Å²) < 4.78 is 27.8. The number of hydrogen-bond acceptors (Lipinski definition) is 2. The van der Waals surface area contributed by atoms with Crippen molar-refractivity contribution in [2.45, 2.75) is 24.8 Å². The Balaban J connectivity index is 3.15. The van der Waals surface area contributed by atoms with Crippen LogP contribution in [0.2, 0.25) is 10.0 Å². The average Bonchev–Trinajstić information content (AvgIpc) is 2.24. The zero-order chi connectivity index (χ0) is 14.8. The van der Waals surface area contributed by atoms with Gasteiger partial charge in [-0.3, -0.25) is 0 Å². The average molecular weight is 454 g/mol. The molecule has 108 valence electrons. The van der Waals surface area contributed by atoms with Crippen molar-refractivity contribution in [1.29, 1.82) is 0 Å². The van der Waals surface area contributed by atoms with Crippen LogP contribution in [0.25, 0.3) is 0 Å². The maximum atomic E-state index is 12.3. The van der Waals surface area contributed by atoms with E-state index in [0.717, 1.165) is 0 Å². The Kier molecular flexibility index (Phi) is 6.61. The van der Waals surface area contributed by atoms with Crippen molar-refractivity contribution in [2.75, 3.05) is 5.33 Å². The molecule has 8 heteroatoms. The number of sulfonamides is 1. The van der Waals surface area contributed by atoms with Crippen molar-refractivity contribution in [3.63, 3.8) is 0 Å². The lowest BCUT2D eigenvalue weighted by Gasteiger charge is -2.20. The van der Waals surface area contributed by atoms with Gasteiger partial charge in [-0.1, -0.05) is 62.0 Å². The lowest BCUT2D eigenvalue weighted by molar-refractivity contribution is 0.484. The van der Waals surface area contributed by atoms with Crippen LogP contribution in [0.15, 0.2) is 21.5 Å². The smallest absolute Gasteiger partial charge is 0.208 e. The summed E-state index contributed by atoms with van der Waals surface area (Å²) in [7, 11) is -3.75. The fraction of sp³-hybridized carbons (Fsp3) is 0.455. The van der Waals surface area contributed by atoms with Crippen LogP contribution in [0.3, 0.4) is 0 Å². The Morgan fingerprint density at radius 3 is 2.16 bits per heavy atom. The fourth-order valence-corrected chi connectivity index (χ4v) is 5.19. The topological polar surface area (TPSA) is 46.2 Å². The minimum Gasteiger partial charge on any atom is -0.208 e. The summed E-state index contributed by atoms with van der Waals surface area (Å²) in [6, 6.07) is 2.77. The highest BCUT2D eigenvalue weighted by Crippen LogP contribution is 2.33. The van der Waals surface area contributed by atoms with Crippen molar-refractivity contribution in [3.8, 4) is 0 Å². The van der Waals surface area contributed by atoms with E-state index in [4.69, 9.17) is 23.2 Å². The van der Waals surface area contributed by atoms with E-state index in [0.29, 0.717) is 9.80 Å². The third kappa shape index (κ3) is 4.58. The molecule has 0 radical (unpaired) electrons. The molecule has 0 fully saturated rings. The van der Waals surface area contributed by atoms with Crippen LogP contribution in [0, 0.1) is 5.92 Å². The first kappa shape index (κ1) is 17.7. The zero-order valence-electron chi connectivity index (χ0n) is 10.3. The molecule has 0 aliphatic carbocycles. The second-order valence-electron chi connectivity index (χ2n) is 4.24. The zero-order valence-corrected chi connectivity index (χ0v) is 15.8. The molecule has 1 aromatic rings. The lowest BCUT2D eigenvalue weighted by atomic mass is 10.1. The Bertz CT molecular complexity index is 543. The lowest BCUT2D eigenvalue weighted by Crippen LogP contribution is -2.37. The van der Waals surface area contributed by atoms with Gasteiger partial charge in [0, 0.05) is 15.8 Å². The highest BCUT2D eigenvalue weighted by Gasteiger charge is 2.25. The summed E-state index contributed by atoms with van der Waals surface area (Å²) in [4.78, 5) is -0.0901. The molecule has 1 aromatic carbocycles.